The molecule has 1 saturated heterocycles. The van der Waals surface area contributed by atoms with Crippen molar-refractivity contribution in [2.75, 3.05) is 36.9 Å². The van der Waals surface area contributed by atoms with Gasteiger partial charge in [0.2, 0.25) is 0 Å². The minimum absolute atomic E-state index is 0.241. The van der Waals surface area contributed by atoms with E-state index in [1.54, 1.807) is 24.0 Å². The van der Waals surface area contributed by atoms with Crippen LogP contribution in [0.25, 0.3) is 11.3 Å². The molecule has 0 atom stereocenters. The number of aryl methyl sites for hydroxylation is 2. The molecule has 3 aromatic rings. The van der Waals surface area contributed by atoms with Gasteiger partial charge in [0.05, 0.1) is 23.0 Å². The number of carbonyl (C=O) groups is 1. The predicted molar refractivity (Wildman–Crippen MR) is 125 cm³/mol. The Kier molecular flexibility index (Phi) is 6.64. The van der Waals surface area contributed by atoms with E-state index >= 15 is 0 Å². The van der Waals surface area contributed by atoms with Crippen molar-refractivity contribution in [1.29, 1.82) is 0 Å². The zero-order chi connectivity index (χ0) is 22.7. The fourth-order valence-electron chi connectivity index (χ4n) is 3.57. The number of rotatable bonds is 7. The van der Waals surface area contributed by atoms with Gasteiger partial charge >= 0.3 is 6.03 Å². The van der Waals surface area contributed by atoms with Gasteiger partial charge in [0.1, 0.15) is 12.4 Å². The number of nitrogens with one attached hydrogen (secondary N) is 2. The average Bonchev–Trinajstić information content (AvgIpc) is 3.07. The van der Waals surface area contributed by atoms with Crippen molar-refractivity contribution in [3.05, 3.63) is 59.2 Å². The molecule has 4 rings (SSSR count). The largest absolute Gasteiger partial charge is 0.492 e. The SMILES string of the molecule is Cc1ccc(NC(=O)Nc2ccc(OCCN3CC(O)C3)c(-c3c(Cl)cnn3C)c2)cc1. The van der Waals surface area contributed by atoms with Gasteiger partial charge in [-0.05, 0) is 37.3 Å². The molecule has 2 heterocycles. The molecule has 0 bridgehead atoms. The molecule has 168 valence electrons. The maximum atomic E-state index is 12.5. The lowest BCUT2D eigenvalue weighted by molar-refractivity contribution is -0.00384. The lowest BCUT2D eigenvalue weighted by Crippen LogP contribution is -2.51. The van der Waals surface area contributed by atoms with E-state index in [9.17, 15) is 9.90 Å². The van der Waals surface area contributed by atoms with Crippen molar-refractivity contribution in [2.45, 2.75) is 13.0 Å². The molecular formula is C23H26ClN5O3. The summed E-state index contributed by atoms with van der Waals surface area (Å²) in [5.74, 6) is 0.640. The van der Waals surface area contributed by atoms with E-state index in [0.717, 1.165) is 11.1 Å². The highest BCUT2D eigenvalue weighted by Crippen LogP contribution is 2.36. The van der Waals surface area contributed by atoms with E-state index in [0.29, 0.717) is 54.1 Å². The Morgan fingerprint density at radius 2 is 1.88 bits per heavy atom. The average molecular weight is 456 g/mol. The van der Waals surface area contributed by atoms with E-state index in [1.165, 1.54) is 0 Å². The Labute approximate surface area is 191 Å². The monoisotopic (exact) mass is 455 g/mol. The zero-order valence-corrected chi connectivity index (χ0v) is 18.8. The van der Waals surface area contributed by atoms with Crippen LogP contribution in [0.5, 0.6) is 5.75 Å². The number of benzene rings is 2. The van der Waals surface area contributed by atoms with Gasteiger partial charge in [-0.25, -0.2) is 4.79 Å². The molecule has 32 heavy (non-hydrogen) atoms. The van der Waals surface area contributed by atoms with E-state index in [-0.39, 0.29) is 12.1 Å². The molecule has 8 nitrogen and oxygen atoms in total. The minimum Gasteiger partial charge on any atom is -0.492 e. The number of urea groups is 1. The topological polar surface area (TPSA) is 91.7 Å². The fourth-order valence-corrected chi connectivity index (χ4v) is 3.84. The number of β-amino-alcohol motifs (C(OH)–C–C–N with tert-alkyl or cyclic N) is 1. The first-order valence-corrected chi connectivity index (χ1v) is 10.8. The molecule has 0 spiro atoms. The van der Waals surface area contributed by atoms with Crippen molar-refractivity contribution < 1.29 is 14.6 Å². The number of aliphatic hydroxyl groups is 1. The third-order valence-corrected chi connectivity index (χ3v) is 5.58. The van der Waals surface area contributed by atoms with E-state index in [1.807, 2.05) is 43.3 Å². The Morgan fingerprint density at radius 3 is 2.53 bits per heavy atom. The number of halogens is 1. The molecule has 1 aliphatic heterocycles. The van der Waals surface area contributed by atoms with Crippen molar-refractivity contribution >= 4 is 29.0 Å². The number of hydrogen-bond acceptors (Lipinski definition) is 5. The second-order valence-electron chi connectivity index (χ2n) is 7.88. The van der Waals surface area contributed by atoms with Crippen LogP contribution in [-0.4, -0.2) is 58.2 Å². The van der Waals surface area contributed by atoms with Gasteiger partial charge < -0.3 is 20.5 Å². The Balaban J connectivity index is 1.50. The number of aliphatic hydroxyl groups excluding tert-OH is 1. The van der Waals surface area contributed by atoms with E-state index < -0.39 is 0 Å². The zero-order valence-electron chi connectivity index (χ0n) is 18.0. The summed E-state index contributed by atoms with van der Waals surface area (Å²) in [6.45, 7) is 4.52. The highest BCUT2D eigenvalue weighted by Gasteiger charge is 2.24. The second-order valence-corrected chi connectivity index (χ2v) is 8.29. The smallest absolute Gasteiger partial charge is 0.323 e. The van der Waals surface area contributed by atoms with Gasteiger partial charge in [-0.3, -0.25) is 9.58 Å². The highest BCUT2D eigenvalue weighted by atomic mass is 35.5. The molecule has 2 aromatic carbocycles. The molecule has 1 aromatic heterocycles. The van der Waals surface area contributed by atoms with Gasteiger partial charge in [-0.1, -0.05) is 29.3 Å². The third-order valence-electron chi connectivity index (χ3n) is 5.30. The standard InChI is InChI=1S/C23H26ClN5O3/c1-15-3-5-16(6-4-15)26-23(31)27-17-7-8-21(32-10-9-29-13-18(30)14-29)19(11-17)22-20(24)12-25-28(22)2/h3-8,11-12,18,30H,9-10,13-14H2,1-2H3,(H2,26,27,31). The van der Waals surface area contributed by atoms with Crippen LogP contribution >= 0.6 is 11.6 Å². The van der Waals surface area contributed by atoms with Crippen LogP contribution in [0.2, 0.25) is 5.02 Å². The molecule has 0 radical (unpaired) electrons. The van der Waals surface area contributed by atoms with Crippen molar-refractivity contribution in [2.24, 2.45) is 7.05 Å². The van der Waals surface area contributed by atoms with E-state index in [4.69, 9.17) is 16.3 Å². The predicted octanol–water partition coefficient (Wildman–Crippen LogP) is 3.75. The molecular weight excluding hydrogens is 430 g/mol. The summed E-state index contributed by atoms with van der Waals surface area (Å²) >= 11 is 6.39. The van der Waals surface area contributed by atoms with Crippen LogP contribution in [0, 0.1) is 6.92 Å². The maximum Gasteiger partial charge on any atom is 0.323 e. The van der Waals surface area contributed by atoms with Crippen LogP contribution in [0.15, 0.2) is 48.7 Å². The molecule has 9 heteroatoms. The molecule has 2 amide bonds. The molecule has 3 N–H and O–H groups in total. The van der Waals surface area contributed by atoms with Crippen molar-refractivity contribution in [1.82, 2.24) is 14.7 Å². The Bertz CT molecular complexity index is 1070. The number of likely N-dealkylation sites (tertiary alicyclic amines) is 1. The number of amides is 2. The summed E-state index contributed by atoms with van der Waals surface area (Å²) in [5.41, 5.74) is 3.85. The van der Waals surface area contributed by atoms with Crippen molar-refractivity contribution in [3.8, 4) is 17.0 Å². The fraction of sp³-hybridized carbons (Fsp3) is 0.304. The summed E-state index contributed by atoms with van der Waals surface area (Å²) in [6.07, 6.45) is 1.34. The third kappa shape index (κ3) is 5.21. The number of hydrogen-bond donors (Lipinski definition) is 3. The lowest BCUT2D eigenvalue weighted by atomic mass is 10.1. The maximum absolute atomic E-state index is 12.5. The molecule has 0 unspecified atom stereocenters. The van der Waals surface area contributed by atoms with E-state index in [2.05, 4.69) is 20.6 Å². The molecule has 0 saturated carbocycles. The first kappa shape index (κ1) is 22.1. The van der Waals surface area contributed by atoms with Crippen LogP contribution < -0.4 is 15.4 Å². The Morgan fingerprint density at radius 1 is 1.19 bits per heavy atom. The van der Waals surface area contributed by atoms with Gasteiger partial charge in [0.25, 0.3) is 0 Å². The van der Waals surface area contributed by atoms with Gasteiger partial charge in [-0.15, -0.1) is 0 Å². The number of nitrogens with zero attached hydrogens (tertiary/aromatic N) is 3. The number of aromatic nitrogens is 2. The second kappa shape index (κ2) is 9.60. The summed E-state index contributed by atoms with van der Waals surface area (Å²) < 4.78 is 7.70. The Hall–Kier alpha value is -3.07. The number of anilines is 2. The van der Waals surface area contributed by atoms with Crippen LogP contribution in [-0.2, 0) is 7.05 Å². The first-order valence-electron chi connectivity index (χ1n) is 10.4. The highest BCUT2D eigenvalue weighted by molar-refractivity contribution is 6.33. The molecule has 0 aliphatic carbocycles. The number of carbonyl (C=O) groups excluding carboxylic acids is 1. The summed E-state index contributed by atoms with van der Waals surface area (Å²) in [7, 11) is 1.80. The summed E-state index contributed by atoms with van der Waals surface area (Å²) in [5, 5.41) is 19.8. The quantitative estimate of drug-likeness (QED) is 0.504. The first-order chi connectivity index (χ1) is 15.4. The summed E-state index contributed by atoms with van der Waals surface area (Å²) in [6, 6.07) is 12.6. The normalized spacial score (nSPS) is 14.1. The van der Waals surface area contributed by atoms with Crippen LogP contribution in [0.4, 0.5) is 16.2 Å². The van der Waals surface area contributed by atoms with Crippen LogP contribution in [0.3, 0.4) is 0 Å². The molecule has 1 fully saturated rings. The van der Waals surface area contributed by atoms with Crippen molar-refractivity contribution in [3.63, 3.8) is 0 Å². The summed E-state index contributed by atoms with van der Waals surface area (Å²) in [4.78, 5) is 14.6. The van der Waals surface area contributed by atoms with Gasteiger partial charge in [-0.2, -0.15) is 5.10 Å². The van der Waals surface area contributed by atoms with Crippen LogP contribution in [0.1, 0.15) is 5.56 Å². The minimum atomic E-state index is -0.346. The lowest BCUT2D eigenvalue weighted by Gasteiger charge is -2.35. The number of ether oxygens (including phenoxy) is 1. The van der Waals surface area contributed by atoms with Gasteiger partial charge in [0, 0.05) is 43.6 Å². The van der Waals surface area contributed by atoms with Gasteiger partial charge in [0.15, 0.2) is 0 Å². The molecule has 1 aliphatic rings.